The van der Waals surface area contributed by atoms with Gasteiger partial charge in [0, 0.05) is 23.2 Å². The average molecular weight is 495 g/mol. The maximum absolute atomic E-state index is 12.8. The molecule has 1 N–H and O–H groups in total. The van der Waals surface area contributed by atoms with Gasteiger partial charge in [-0.1, -0.05) is 36.2 Å². The van der Waals surface area contributed by atoms with E-state index in [1.54, 1.807) is 24.3 Å². The summed E-state index contributed by atoms with van der Waals surface area (Å²) < 4.78 is 33.6. The number of nitrogens with zero attached hydrogens (tertiary/aromatic N) is 1. The number of amides is 1. The van der Waals surface area contributed by atoms with Crippen molar-refractivity contribution >= 4 is 37.5 Å². The Morgan fingerprint density at radius 1 is 1.10 bits per heavy atom. The highest BCUT2D eigenvalue weighted by Crippen LogP contribution is 2.26. The third kappa shape index (κ3) is 5.62. The SMILES string of the molecule is CC(C)COc1ccc(Br)cc1C(=O)Nc1ccc(S(=O)(=O)N2CCCCC2)cc1. The highest BCUT2D eigenvalue weighted by Gasteiger charge is 2.25. The third-order valence-corrected chi connectivity index (χ3v) is 7.23. The second-order valence-electron chi connectivity index (χ2n) is 7.79. The number of halogens is 1. The van der Waals surface area contributed by atoms with Gasteiger partial charge in [-0.05, 0) is 61.2 Å². The van der Waals surface area contributed by atoms with Gasteiger partial charge in [0.15, 0.2) is 0 Å². The van der Waals surface area contributed by atoms with Crippen LogP contribution in [-0.4, -0.2) is 38.3 Å². The number of rotatable bonds is 7. The Hall–Kier alpha value is -1.90. The monoisotopic (exact) mass is 494 g/mol. The lowest BCUT2D eigenvalue weighted by molar-refractivity contribution is 0.102. The summed E-state index contributed by atoms with van der Waals surface area (Å²) in [6.07, 6.45) is 2.85. The van der Waals surface area contributed by atoms with Crippen LogP contribution in [0.3, 0.4) is 0 Å². The van der Waals surface area contributed by atoms with Crippen molar-refractivity contribution in [1.29, 1.82) is 0 Å². The van der Waals surface area contributed by atoms with E-state index in [9.17, 15) is 13.2 Å². The van der Waals surface area contributed by atoms with E-state index in [1.165, 1.54) is 16.4 Å². The highest BCUT2D eigenvalue weighted by atomic mass is 79.9. The maximum atomic E-state index is 12.8. The molecule has 2 aromatic rings. The summed E-state index contributed by atoms with van der Waals surface area (Å²) in [7, 11) is -3.49. The Morgan fingerprint density at radius 3 is 2.40 bits per heavy atom. The maximum Gasteiger partial charge on any atom is 0.259 e. The Balaban J connectivity index is 1.74. The zero-order chi connectivity index (χ0) is 21.7. The molecule has 1 aliphatic heterocycles. The van der Waals surface area contributed by atoms with E-state index in [1.807, 2.05) is 19.9 Å². The molecule has 1 fully saturated rings. The smallest absolute Gasteiger partial charge is 0.259 e. The largest absolute Gasteiger partial charge is 0.492 e. The van der Waals surface area contributed by atoms with Crippen LogP contribution in [0.2, 0.25) is 0 Å². The zero-order valence-corrected chi connectivity index (χ0v) is 19.6. The minimum absolute atomic E-state index is 0.241. The average Bonchev–Trinajstić information content (AvgIpc) is 2.73. The van der Waals surface area contributed by atoms with Gasteiger partial charge in [0.1, 0.15) is 5.75 Å². The number of carbonyl (C=O) groups is 1. The quantitative estimate of drug-likeness (QED) is 0.592. The van der Waals surface area contributed by atoms with Gasteiger partial charge in [0.2, 0.25) is 10.0 Å². The fourth-order valence-electron chi connectivity index (χ4n) is 3.22. The number of piperidine rings is 1. The zero-order valence-electron chi connectivity index (χ0n) is 17.2. The van der Waals surface area contributed by atoms with E-state index in [0.717, 1.165) is 23.7 Å². The molecule has 1 amide bonds. The van der Waals surface area contributed by atoms with Crippen molar-refractivity contribution < 1.29 is 17.9 Å². The van der Waals surface area contributed by atoms with Crippen LogP contribution in [-0.2, 0) is 10.0 Å². The molecule has 2 aromatic carbocycles. The number of sulfonamides is 1. The van der Waals surface area contributed by atoms with Gasteiger partial charge in [0.25, 0.3) is 5.91 Å². The lowest BCUT2D eigenvalue weighted by Crippen LogP contribution is -2.35. The molecule has 0 radical (unpaired) electrons. The molecule has 30 heavy (non-hydrogen) atoms. The summed E-state index contributed by atoms with van der Waals surface area (Å²) in [4.78, 5) is 13.1. The molecule has 162 valence electrons. The number of carbonyl (C=O) groups excluding carboxylic acids is 1. The molecule has 8 heteroatoms. The van der Waals surface area contributed by atoms with Crippen LogP contribution < -0.4 is 10.1 Å². The Bertz CT molecular complexity index is 985. The van der Waals surface area contributed by atoms with Crippen molar-refractivity contribution in [3.8, 4) is 5.75 Å². The fraction of sp³-hybridized carbons (Fsp3) is 0.409. The fourth-order valence-corrected chi connectivity index (χ4v) is 5.10. The van der Waals surface area contributed by atoms with Crippen LogP contribution in [0.25, 0.3) is 0 Å². The lowest BCUT2D eigenvalue weighted by atomic mass is 10.1. The first-order chi connectivity index (χ1) is 14.3. The third-order valence-electron chi connectivity index (χ3n) is 4.82. The number of benzene rings is 2. The molecule has 0 spiro atoms. The summed E-state index contributed by atoms with van der Waals surface area (Å²) in [6, 6.07) is 11.6. The predicted molar refractivity (Wildman–Crippen MR) is 121 cm³/mol. The topological polar surface area (TPSA) is 75.7 Å². The van der Waals surface area contributed by atoms with Gasteiger partial charge in [-0.15, -0.1) is 0 Å². The van der Waals surface area contributed by atoms with E-state index in [4.69, 9.17) is 4.74 Å². The summed E-state index contributed by atoms with van der Waals surface area (Å²) >= 11 is 3.39. The van der Waals surface area contributed by atoms with Crippen molar-refractivity contribution in [3.63, 3.8) is 0 Å². The Labute approximate surface area is 186 Å². The van der Waals surface area contributed by atoms with Crippen molar-refractivity contribution in [3.05, 3.63) is 52.5 Å². The first-order valence-corrected chi connectivity index (χ1v) is 12.3. The number of ether oxygens (including phenoxy) is 1. The lowest BCUT2D eigenvalue weighted by Gasteiger charge is -2.25. The van der Waals surface area contributed by atoms with E-state index < -0.39 is 10.0 Å². The summed E-state index contributed by atoms with van der Waals surface area (Å²) in [5, 5.41) is 2.82. The van der Waals surface area contributed by atoms with Gasteiger partial charge in [-0.3, -0.25) is 4.79 Å². The molecular weight excluding hydrogens is 468 g/mol. The Kier molecular flexibility index (Phi) is 7.55. The number of anilines is 1. The summed E-state index contributed by atoms with van der Waals surface area (Å²) in [5.74, 6) is 0.523. The van der Waals surface area contributed by atoms with Gasteiger partial charge in [0.05, 0.1) is 17.1 Å². The molecule has 1 aliphatic rings. The second kappa shape index (κ2) is 9.94. The molecule has 0 aromatic heterocycles. The van der Waals surface area contributed by atoms with Gasteiger partial charge >= 0.3 is 0 Å². The van der Waals surface area contributed by atoms with Crippen LogP contribution in [0.15, 0.2) is 51.8 Å². The van der Waals surface area contributed by atoms with Crippen molar-refractivity contribution in [2.45, 2.75) is 38.0 Å². The molecule has 1 heterocycles. The van der Waals surface area contributed by atoms with Crippen LogP contribution >= 0.6 is 15.9 Å². The molecule has 6 nitrogen and oxygen atoms in total. The van der Waals surface area contributed by atoms with Gasteiger partial charge < -0.3 is 10.1 Å². The van der Waals surface area contributed by atoms with Crippen LogP contribution in [0.1, 0.15) is 43.5 Å². The Morgan fingerprint density at radius 2 is 1.77 bits per heavy atom. The molecule has 0 aliphatic carbocycles. The molecule has 3 rings (SSSR count). The summed E-state index contributed by atoms with van der Waals surface area (Å²) in [6.45, 7) is 5.70. The van der Waals surface area contributed by atoms with Crippen LogP contribution in [0.4, 0.5) is 5.69 Å². The van der Waals surface area contributed by atoms with Crippen LogP contribution in [0.5, 0.6) is 5.75 Å². The summed E-state index contributed by atoms with van der Waals surface area (Å²) in [5.41, 5.74) is 0.933. The first-order valence-electron chi connectivity index (χ1n) is 10.1. The minimum atomic E-state index is -3.49. The van der Waals surface area contributed by atoms with E-state index in [-0.39, 0.29) is 10.8 Å². The molecule has 0 unspecified atom stereocenters. The molecule has 1 saturated heterocycles. The van der Waals surface area contributed by atoms with Gasteiger partial charge in [-0.2, -0.15) is 4.31 Å². The number of hydrogen-bond acceptors (Lipinski definition) is 4. The number of hydrogen-bond donors (Lipinski definition) is 1. The van der Waals surface area contributed by atoms with Crippen LogP contribution in [0, 0.1) is 5.92 Å². The molecule has 0 bridgehead atoms. The minimum Gasteiger partial charge on any atom is -0.492 e. The number of nitrogens with one attached hydrogen (secondary N) is 1. The standard InChI is InChI=1S/C22H27BrN2O4S/c1-16(2)15-29-21-11-6-17(23)14-20(21)22(26)24-18-7-9-19(10-8-18)30(27,28)25-12-4-3-5-13-25/h6-11,14,16H,3-5,12-13,15H2,1-2H3,(H,24,26). The molecule has 0 atom stereocenters. The first kappa shape index (κ1) is 22.8. The van der Waals surface area contributed by atoms with Crippen molar-refractivity contribution in [1.82, 2.24) is 4.31 Å². The van der Waals surface area contributed by atoms with E-state index in [0.29, 0.717) is 42.6 Å². The van der Waals surface area contributed by atoms with E-state index >= 15 is 0 Å². The van der Waals surface area contributed by atoms with Crippen molar-refractivity contribution in [2.24, 2.45) is 5.92 Å². The highest BCUT2D eigenvalue weighted by molar-refractivity contribution is 9.10. The van der Waals surface area contributed by atoms with E-state index in [2.05, 4.69) is 21.2 Å². The van der Waals surface area contributed by atoms with Gasteiger partial charge in [-0.25, -0.2) is 8.42 Å². The normalized spacial score (nSPS) is 15.2. The molecular formula is C22H27BrN2O4S. The second-order valence-corrected chi connectivity index (χ2v) is 10.6. The van der Waals surface area contributed by atoms with Crippen molar-refractivity contribution in [2.75, 3.05) is 25.0 Å². The molecule has 0 saturated carbocycles. The predicted octanol–water partition coefficient (Wildman–Crippen LogP) is 4.91.